The summed E-state index contributed by atoms with van der Waals surface area (Å²) in [7, 11) is -3.06. The van der Waals surface area contributed by atoms with Gasteiger partial charge in [0.15, 0.2) is 0 Å². The molecule has 5 heteroatoms. The van der Waals surface area contributed by atoms with Gasteiger partial charge in [-0.2, -0.15) is 0 Å². The van der Waals surface area contributed by atoms with Gasteiger partial charge in [-0.1, -0.05) is 50.5 Å². The van der Waals surface area contributed by atoms with Gasteiger partial charge in [0, 0.05) is 0 Å². The van der Waals surface area contributed by atoms with Crippen LogP contribution in [0.25, 0.3) is 0 Å². The molecule has 0 aliphatic carbocycles. The molecule has 1 aliphatic rings. The number of ether oxygens (including phenoxy) is 1. The zero-order valence-electron chi connectivity index (χ0n) is 14.4. The highest BCUT2D eigenvalue weighted by molar-refractivity contribution is 6.85. The van der Waals surface area contributed by atoms with Crippen molar-refractivity contribution in [1.29, 1.82) is 0 Å². The number of hydrogen-bond acceptors (Lipinski definition) is 3. The maximum Gasteiger partial charge on any atom is 0.149 e. The highest BCUT2D eigenvalue weighted by Gasteiger charge is 2.30. The van der Waals surface area contributed by atoms with Crippen LogP contribution in [0.4, 0.5) is 11.4 Å². The number of para-hydroxylation sites is 4. The average molecular weight is 343 g/mol. The van der Waals surface area contributed by atoms with E-state index in [2.05, 4.69) is 60.4 Å². The topological polar surface area (TPSA) is 33.3 Å². The summed E-state index contributed by atoms with van der Waals surface area (Å²) in [6.07, 6.45) is 0. The lowest BCUT2D eigenvalue weighted by molar-refractivity contribution is 0.487. The standard InChI is InChI=1S/C18H26N2OSi2/c1-22(2)13-14-23(3,4)20-16-10-6-8-12-18(16)21-17-11-7-5-9-15(17)19-22/h5-12,19-20H,13-14H2,1-4H3. The maximum absolute atomic E-state index is 6.28. The van der Waals surface area contributed by atoms with Gasteiger partial charge in [0.1, 0.15) is 28.0 Å². The Morgan fingerprint density at radius 3 is 1.52 bits per heavy atom. The van der Waals surface area contributed by atoms with Gasteiger partial charge >= 0.3 is 0 Å². The second-order valence-corrected chi connectivity index (χ2v) is 16.6. The van der Waals surface area contributed by atoms with E-state index in [9.17, 15) is 0 Å². The minimum absolute atomic E-state index is 0.906. The third-order valence-electron chi connectivity index (χ3n) is 4.32. The summed E-state index contributed by atoms with van der Waals surface area (Å²) in [4.78, 5) is 7.62. The molecular formula is C18H26N2OSi2. The maximum atomic E-state index is 6.28. The largest absolute Gasteiger partial charge is 0.453 e. The first-order valence-corrected chi connectivity index (χ1v) is 14.7. The SMILES string of the molecule is C[Si]1(C)CC[Si](C)(C)Nc2ccccc2Oc2ccccc2N1. The van der Waals surface area contributed by atoms with Gasteiger partial charge in [0.25, 0.3) is 0 Å². The molecule has 3 rings (SSSR count). The van der Waals surface area contributed by atoms with Gasteiger partial charge < -0.3 is 14.7 Å². The highest BCUT2D eigenvalue weighted by Crippen LogP contribution is 2.37. The quantitative estimate of drug-likeness (QED) is 0.600. The molecule has 0 atom stereocenters. The van der Waals surface area contributed by atoms with Crippen molar-refractivity contribution in [2.75, 3.05) is 9.96 Å². The van der Waals surface area contributed by atoms with E-state index in [1.54, 1.807) is 0 Å². The fourth-order valence-electron chi connectivity index (χ4n) is 2.92. The lowest BCUT2D eigenvalue weighted by Gasteiger charge is -2.30. The Labute approximate surface area is 141 Å². The number of fused-ring (bicyclic) bond motifs is 2. The van der Waals surface area contributed by atoms with Gasteiger partial charge in [-0.15, -0.1) is 0 Å². The zero-order chi connectivity index (χ0) is 16.5. The summed E-state index contributed by atoms with van der Waals surface area (Å²) in [6, 6.07) is 19.1. The summed E-state index contributed by atoms with van der Waals surface area (Å²) in [5, 5.41) is 0. The van der Waals surface area contributed by atoms with Crippen LogP contribution < -0.4 is 14.7 Å². The van der Waals surface area contributed by atoms with Gasteiger partial charge in [-0.25, -0.2) is 0 Å². The molecule has 2 aromatic rings. The Bertz CT molecular complexity index is 641. The van der Waals surface area contributed by atoms with Crippen molar-refractivity contribution in [3.05, 3.63) is 48.5 Å². The molecule has 2 aromatic carbocycles. The molecule has 0 aromatic heterocycles. The molecular weight excluding hydrogens is 316 g/mol. The number of rotatable bonds is 0. The Hall–Kier alpha value is -1.73. The second-order valence-electron chi connectivity index (χ2n) is 7.61. The molecule has 3 nitrogen and oxygen atoms in total. The Morgan fingerprint density at radius 1 is 0.696 bits per heavy atom. The fourth-order valence-corrected chi connectivity index (χ4v) is 10.0. The first-order chi connectivity index (χ1) is 10.8. The molecule has 1 heterocycles. The van der Waals surface area contributed by atoms with E-state index in [0.717, 1.165) is 22.9 Å². The van der Waals surface area contributed by atoms with Crippen LogP contribution in [0.2, 0.25) is 38.3 Å². The van der Waals surface area contributed by atoms with Crippen LogP contribution in [0, 0.1) is 0 Å². The molecule has 0 saturated heterocycles. The van der Waals surface area contributed by atoms with Crippen molar-refractivity contribution >= 4 is 27.8 Å². The Balaban J connectivity index is 2.06. The molecule has 122 valence electrons. The smallest absolute Gasteiger partial charge is 0.149 e. The van der Waals surface area contributed by atoms with Gasteiger partial charge in [0.05, 0.1) is 11.4 Å². The van der Waals surface area contributed by atoms with Crippen molar-refractivity contribution in [3.8, 4) is 11.5 Å². The van der Waals surface area contributed by atoms with E-state index < -0.39 is 16.5 Å². The average Bonchev–Trinajstić information content (AvgIpc) is 2.50. The highest BCUT2D eigenvalue weighted by atomic mass is 28.3. The van der Waals surface area contributed by atoms with E-state index in [1.165, 1.54) is 12.1 Å². The van der Waals surface area contributed by atoms with Crippen molar-refractivity contribution in [3.63, 3.8) is 0 Å². The summed E-state index contributed by atoms with van der Waals surface area (Å²) < 4.78 is 6.28. The molecule has 0 saturated carbocycles. The molecule has 0 amide bonds. The number of anilines is 2. The van der Waals surface area contributed by atoms with Crippen molar-refractivity contribution < 1.29 is 4.74 Å². The van der Waals surface area contributed by atoms with Crippen LogP contribution in [-0.2, 0) is 0 Å². The second kappa shape index (κ2) is 6.05. The minimum Gasteiger partial charge on any atom is -0.453 e. The van der Waals surface area contributed by atoms with Gasteiger partial charge in [-0.05, 0) is 36.4 Å². The van der Waals surface area contributed by atoms with E-state index in [1.807, 2.05) is 24.3 Å². The molecule has 1 aliphatic heterocycles. The first kappa shape index (κ1) is 16.1. The third kappa shape index (κ3) is 3.97. The van der Waals surface area contributed by atoms with Gasteiger partial charge in [-0.3, -0.25) is 0 Å². The minimum atomic E-state index is -1.53. The Morgan fingerprint density at radius 2 is 1.09 bits per heavy atom. The first-order valence-electron chi connectivity index (χ1n) is 8.27. The number of nitrogens with one attached hydrogen (secondary N) is 2. The van der Waals surface area contributed by atoms with Crippen molar-refractivity contribution in [2.45, 2.75) is 38.3 Å². The van der Waals surface area contributed by atoms with Crippen LogP contribution in [-0.4, -0.2) is 16.5 Å². The lowest BCUT2D eigenvalue weighted by atomic mass is 10.3. The van der Waals surface area contributed by atoms with Crippen molar-refractivity contribution in [1.82, 2.24) is 0 Å². The van der Waals surface area contributed by atoms with Gasteiger partial charge in [0.2, 0.25) is 0 Å². The van der Waals surface area contributed by atoms with Crippen molar-refractivity contribution in [2.24, 2.45) is 0 Å². The van der Waals surface area contributed by atoms with E-state index in [0.29, 0.717) is 0 Å². The van der Waals surface area contributed by atoms with Crippen LogP contribution in [0.15, 0.2) is 48.5 Å². The molecule has 0 radical (unpaired) electrons. The van der Waals surface area contributed by atoms with Crippen LogP contribution in [0.1, 0.15) is 0 Å². The molecule has 0 spiro atoms. The predicted molar refractivity (Wildman–Crippen MR) is 105 cm³/mol. The van der Waals surface area contributed by atoms with E-state index in [4.69, 9.17) is 4.74 Å². The third-order valence-corrected chi connectivity index (χ3v) is 9.71. The molecule has 23 heavy (non-hydrogen) atoms. The molecule has 0 unspecified atom stereocenters. The summed E-state index contributed by atoms with van der Waals surface area (Å²) in [5.74, 6) is 1.81. The number of hydrogen-bond donors (Lipinski definition) is 2. The molecule has 2 N–H and O–H groups in total. The van der Waals surface area contributed by atoms with Crippen LogP contribution in [0.5, 0.6) is 11.5 Å². The van der Waals surface area contributed by atoms with Crippen LogP contribution in [0.3, 0.4) is 0 Å². The summed E-state index contributed by atoms with van der Waals surface area (Å²) in [5.41, 5.74) is 2.22. The normalized spacial score (nSPS) is 19.0. The fraction of sp³-hybridized carbons (Fsp3) is 0.333. The molecule has 0 bridgehead atoms. The summed E-state index contributed by atoms with van der Waals surface area (Å²) >= 11 is 0. The molecule has 0 fully saturated rings. The Kier molecular flexibility index (Phi) is 4.25. The monoisotopic (exact) mass is 342 g/mol. The van der Waals surface area contributed by atoms with E-state index >= 15 is 0 Å². The van der Waals surface area contributed by atoms with Crippen LogP contribution >= 0.6 is 0 Å². The van der Waals surface area contributed by atoms with E-state index in [-0.39, 0.29) is 0 Å². The zero-order valence-corrected chi connectivity index (χ0v) is 16.4. The summed E-state index contributed by atoms with van der Waals surface area (Å²) in [6.45, 7) is 9.61. The number of benzene rings is 2. The lowest BCUT2D eigenvalue weighted by Crippen LogP contribution is -2.42. The predicted octanol–water partition coefficient (Wildman–Crippen LogP) is 5.73.